The molecule has 0 rings (SSSR count). The molecule has 0 aromatic heterocycles. The van der Waals surface area contributed by atoms with Crippen LogP contribution in [0.15, 0.2) is 0 Å². The molecular formula is C17H33N5O6. The second kappa shape index (κ2) is 13.9. The van der Waals surface area contributed by atoms with Crippen molar-refractivity contribution in [1.82, 2.24) is 16.0 Å². The summed E-state index contributed by atoms with van der Waals surface area (Å²) in [6.07, 6.45) is 2.05. The van der Waals surface area contributed by atoms with E-state index in [1.165, 1.54) is 0 Å². The van der Waals surface area contributed by atoms with E-state index in [4.69, 9.17) is 16.6 Å². The maximum absolute atomic E-state index is 12.1. The summed E-state index contributed by atoms with van der Waals surface area (Å²) in [5.41, 5.74) is 11.1. The number of nitrogens with two attached hydrogens (primary N) is 2. The van der Waals surface area contributed by atoms with Gasteiger partial charge in [0.25, 0.3) is 0 Å². The van der Waals surface area contributed by atoms with Gasteiger partial charge in [-0.05, 0) is 31.7 Å². The number of hydrogen-bond acceptors (Lipinski definition) is 7. The van der Waals surface area contributed by atoms with E-state index in [0.29, 0.717) is 19.4 Å². The number of carboxylic acids is 1. The Morgan fingerprint density at radius 2 is 1.64 bits per heavy atom. The van der Waals surface area contributed by atoms with Gasteiger partial charge in [-0.2, -0.15) is 0 Å². The van der Waals surface area contributed by atoms with E-state index >= 15 is 0 Å². The lowest BCUT2D eigenvalue weighted by atomic mass is 10.0. The largest absolute Gasteiger partial charge is 0.480 e. The predicted octanol–water partition coefficient (Wildman–Crippen LogP) is -2.35. The van der Waals surface area contributed by atoms with Gasteiger partial charge in [0, 0.05) is 0 Å². The van der Waals surface area contributed by atoms with E-state index in [2.05, 4.69) is 16.0 Å². The fraction of sp³-hybridized carbons (Fsp3) is 0.765. The molecule has 0 aliphatic rings. The van der Waals surface area contributed by atoms with Gasteiger partial charge in [0.15, 0.2) is 0 Å². The minimum absolute atomic E-state index is 0.0211. The summed E-state index contributed by atoms with van der Waals surface area (Å²) in [7, 11) is 0. The number of aliphatic hydroxyl groups is 1. The fourth-order valence-corrected chi connectivity index (χ4v) is 2.34. The topological polar surface area (TPSA) is 197 Å². The molecule has 3 atom stereocenters. The number of aliphatic carboxylic acids is 1. The van der Waals surface area contributed by atoms with Crippen molar-refractivity contribution in [3.05, 3.63) is 0 Å². The van der Waals surface area contributed by atoms with E-state index in [9.17, 15) is 24.3 Å². The molecule has 0 aliphatic heterocycles. The maximum atomic E-state index is 12.1. The second-order valence-electron chi connectivity index (χ2n) is 6.94. The first-order valence-electron chi connectivity index (χ1n) is 9.29. The summed E-state index contributed by atoms with van der Waals surface area (Å²) < 4.78 is 0. The molecule has 28 heavy (non-hydrogen) atoms. The minimum atomic E-state index is -1.34. The molecule has 0 aromatic rings. The lowest BCUT2D eigenvalue weighted by Gasteiger charge is -2.21. The van der Waals surface area contributed by atoms with Crippen molar-refractivity contribution < 1.29 is 29.4 Å². The van der Waals surface area contributed by atoms with Gasteiger partial charge in [0.05, 0.1) is 19.2 Å². The van der Waals surface area contributed by atoms with Crippen molar-refractivity contribution in [2.24, 2.45) is 17.4 Å². The first-order valence-corrected chi connectivity index (χ1v) is 9.29. The van der Waals surface area contributed by atoms with Crippen LogP contribution >= 0.6 is 0 Å². The molecule has 3 unspecified atom stereocenters. The van der Waals surface area contributed by atoms with Crippen molar-refractivity contribution >= 4 is 23.7 Å². The van der Waals surface area contributed by atoms with Crippen LogP contribution in [0.5, 0.6) is 0 Å². The first-order chi connectivity index (χ1) is 13.1. The SMILES string of the molecule is CC(C)CC(NC(=O)C(CO)NC(=O)CNC(=O)C(N)CCCCN)C(=O)O. The number of carbonyl (C=O) groups excluding carboxylic acids is 3. The van der Waals surface area contributed by atoms with E-state index < -0.39 is 55.0 Å². The molecule has 0 spiro atoms. The van der Waals surface area contributed by atoms with Gasteiger partial charge in [0.2, 0.25) is 17.7 Å². The van der Waals surface area contributed by atoms with Crippen LogP contribution in [0.4, 0.5) is 0 Å². The summed E-state index contributed by atoms with van der Waals surface area (Å²) in [6.45, 7) is 2.95. The molecule has 0 saturated carbocycles. The quantitative estimate of drug-likeness (QED) is 0.156. The number of amides is 3. The highest BCUT2D eigenvalue weighted by Gasteiger charge is 2.26. The molecule has 0 saturated heterocycles. The van der Waals surface area contributed by atoms with Crippen molar-refractivity contribution in [3.63, 3.8) is 0 Å². The van der Waals surface area contributed by atoms with Crippen molar-refractivity contribution in [3.8, 4) is 0 Å². The van der Waals surface area contributed by atoms with Crippen LogP contribution < -0.4 is 27.4 Å². The Morgan fingerprint density at radius 1 is 1.00 bits per heavy atom. The van der Waals surface area contributed by atoms with E-state index in [0.717, 1.165) is 6.42 Å². The third-order valence-corrected chi connectivity index (χ3v) is 3.89. The Kier molecular flexibility index (Phi) is 12.7. The smallest absolute Gasteiger partial charge is 0.326 e. The highest BCUT2D eigenvalue weighted by atomic mass is 16.4. The van der Waals surface area contributed by atoms with Gasteiger partial charge in [-0.15, -0.1) is 0 Å². The van der Waals surface area contributed by atoms with Gasteiger partial charge >= 0.3 is 5.97 Å². The summed E-state index contributed by atoms with van der Waals surface area (Å²) in [5, 5.41) is 25.4. The Morgan fingerprint density at radius 3 is 2.14 bits per heavy atom. The van der Waals surface area contributed by atoms with Crippen LogP contribution in [0.25, 0.3) is 0 Å². The third-order valence-electron chi connectivity index (χ3n) is 3.89. The lowest BCUT2D eigenvalue weighted by Crippen LogP contribution is -2.55. The monoisotopic (exact) mass is 403 g/mol. The molecule has 0 radical (unpaired) electrons. The van der Waals surface area contributed by atoms with E-state index in [1.807, 2.05) is 0 Å². The molecule has 3 amide bonds. The molecule has 11 heteroatoms. The zero-order valence-corrected chi connectivity index (χ0v) is 16.4. The predicted molar refractivity (Wildman–Crippen MR) is 102 cm³/mol. The molecule has 0 aliphatic carbocycles. The number of nitrogens with one attached hydrogen (secondary N) is 3. The molecule has 162 valence electrons. The van der Waals surface area contributed by atoms with Crippen LogP contribution in [-0.4, -0.2) is 71.7 Å². The molecule has 0 bridgehead atoms. The average molecular weight is 403 g/mol. The van der Waals surface area contributed by atoms with E-state index in [-0.39, 0.29) is 12.3 Å². The zero-order valence-electron chi connectivity index (χ0n) is 16.4. The standard InChI is InChI=1S/C17H33N5O6/c1-10(2)7-12(17(27)28)22-16(26)13(9-23)21-14(24)8-20-15(25)11(19)5-3-4-6-18/h10-13,23H,3-9,18-19H2,1-2H3,(H,20,25)(H,21,24)(H,22,26)(H,27,28). The zero-order chi connectivity index (χ0) is 21.7. The van der Waals surface area contributed by atoms with Crippen LogP contribution in [0.1, 0.15) is 39.5 Å². The Labute approximate surface area is 164 Å². The molecule has 0 fully saturated rings. The highest BCUT2D eigenvalue weighted by Crippen LogP contribution is 2.05. The molecule has 9 N–H and O–H groups in total. The van der Waals surface area contributed by atoms with Crippen molar-refractivity contribution in [2.75, 3.05) is 19.7 Å². The van der Waals surface area contributed by atoms with Crippen molar-refractivity contribution in [2.45, 2.75) is 57.7 Å². The fourth-order valence-electron chi connectivity index (χ4n) is 2.34. The average Bonchev–Trinajstić information content (AvgIpc) is 2.62. The highest BCUT2D eigenvalue weighted by molar-refractivity contribution is 5.92. The van der Waals surface area contributed by atoms with Crippen LogP contribution in [0.3, 0.4) is 0 Å². The van der Waals surface area contributed by atoms with Gasteiger partial charge in [-0.1, -0.05) is 20.3 Å². The van der Waals surface area contributed by atoms with Gasteiger partial charge in [-0.25, -0.2) is 4.79 Å². The number of hydrogen-bond donors (Lipinski definition) is 7. The van der Waals surface area contributed by atoms with E-state index in [1.54, 1.807) is 13.8 Å². The number of aliphatic hydroxyl groups excluding tert-OH is 1. The lowest BCUT2D eigenvalue weighted by molar-refractivity contribution is -0.143. The van der Waals surface area contributed by atoms with Crippen LogP contribution in [0, 0.1) is 5.92 Å². The number of carbonyl (C=O) groups is 4. The summed E-state index contributed by atoms with van der Waals surface area (Å²) in [5.74, 6) is -3.24. The minimum Gasteiger partial charge on any atom is -0.480 e. The second-order valence-corrected chi connectivity index (χ2v) is 6.94. The van der Waals surface area contributed by atoms with Gasteiger partial charge in [-0.3, -0.25) is 14.4 Å². The van der Waals surface area contributed by atoms with Crippen molar-refractivity contribution in [1.29, 1.82) is 0 Å². The maximum Gasteiger partial charge on any atom is 0.326 e. The van der Waals surface area contributed by atoms with Gasteiger partial charge < -0.3 is 37.6 Å². The summed E-state index contributed by atoms with van der Waals surface area (Å²) in [6, 6.07) is -3.25. The Balaban J connectivity index is 4.51. The normalized spacial score (nSPS) is 14.1. The number of rotatable bonds is 14. The number of carboxylic acid groups (broad SMARTS) is 1. The summed E-state index contributed by atoms with van der Waals surface area (Å²) >= 11 is 0. The van der Waals surface area contributed by atoms with Crippen LogP contribution in [-0.2, 0) is 19.2 Å². The molecule has 0 heterocycles. The van der Waals surface area contributed by atoms with Gasteiger partial charge in [0.1, 0.15) is 12.1 Å². The molecule has 0 aromatic carbocycles. The number of unbranched alkanes of at least 4 members (excludes halogenated alkanes) is 1. The molecule has 11 nitrogen and oxygen atoms in total. The van der Waals surface area contributed by atoms with Crippen LogP contribution in [0.2, 0.25) is 0 Å². The molecular weight excluding hydrogens is 370 g/mol. The third kappa shape index (κ3) is 10.8. The first kappa shape index (κ1) is 25.8. The Bertz CT molecular complexity index is 528. The Hall–Kier alpha value is -2.24. The summed E-state index contributed by atoms with van der Waals surface area (Å²) in [4.78, 5) is 47.1.